The molecule has 0 aromatic heterocycles. The molecule has 0 spiro atoms. The van der Waals surface area contributed by atoms with Crippen LogP contribution in [-0.2, 0) is 4.79 Å². The Morgan fingerprint density at radius 1 is 1.47 bits per heavy atom. The van der Waals surface area contributed by atoms with Crippen LogP contribution < -0.4 is 0 Å². The van der Waals surface area contributed by atoms with Gasteiger partial charge in [0.15, 0.2) is 5.78 Å². The maximum absolute atomic E-state index is 11.1. The summed E-state index contributed by atoms with van der Waals surface area (Å²) < 4.78 is 0.685. The average Bonchev–Trinajstić information content (AvgIpc) is 2.29. The Kier molecular flexibility index (Phi) is 4.94. The van der Waals surface area contributed by atoms with Crippen molar-refractivity contribution in [2.75, 3.05) is 6.61 Å². The smallest absolute Gasteiger partial charge is 0.171 e. The van der Waals surface area contributed by atoms with Gasteiger partial charge < -0.3 is 5.11 Å². The molecular weight excluding hydrogens is 228 g/mol. The Balaban J connectivity index is 2.61. The molecule has 1 N–H and O–H groups in total. The standard InChI is InChI=1S/C11H12O2S2/c1-8(10(13)7-12)15-11(14)9-5-3-2-4-6-9/h2-6,8,12H,7H2,1H3. The summed E-state index contributed by atoms with van der Waals surface area (Å²) in [6.07, 6.45) is 0. The lowest BCUT2D eigenvalue weighted by Gasteiger charge is -2.09. The molecule has 0 aliphatic rings. The molecule has 0 saturated heterocycles. The van der Waals surface area contributed by atoms with E-state index in [1.54, 1.807) is 6.92 Å². The topological polar surface area (TPSA) is 37.3 Å². The fraction of sp³-hybridized carbons (Fsp3) is 0.273. The van der Waals surface area contributed by atoms with Gasteiger partial charge in [0.2, 0.25) is 0 Å². The van der Waals surface area contributed by atoms with Crippen LogP contribution in [0, 0.1) is 0 Å². The number of hydrogen-bond acceptors (Lipinski definition) is 4. The second-order valence-corrected chi connectivity index (χ2v) is 5.06. The highest BCUT2D eigenvalue weighted by Gasteiger charge is 2.15. The number of aliphatic hydroxyl groups excluding tert-OH is 1. The van der Waals surface area contributed by atoms with Crippen molar-refractivity contribution >= 4 is 34.0 Å². The molecule has 1 unspecified atom stereocenters. The summed E-state index contributed by atoms with van der Waals surface area (Å²) >= 11 is 6.50. The predicted molar refractivity (Wildman–Crippen MR) is 67.3 cm³/mol. The highest BCUT2D eigenvalue weighted by atomic mass is 32.2. The van der Waals surface area contributed by atoms with Gasteiger partial charge >= 0.3 is 0 Å². The molecule has 1 aromatic rings. The highest BCUT2D eigenvalue weighted by molar-refractivity contribution is 8.24. The van der Waals surface area contributed by atoms with Crippen molar-refractivity contribution in [2.24, 2.45) is 0 Å². The molecule has 0 saturated carbocycles. The second kappa shape index (κ2) is 6.00. The van der Waals surface area contributed by atoms with Gasteiger partial charge in [0.05, 0.1) is 9.45 Å². The summed E-state index contributed by atoms with van der Waals surface area (Å²) in [5.74, 6) is -0.196. The van der Waals surface area contributed by atoms with Crippen molar-refractivity contribution in [2.45, 2.75) is 12.2 Å². The van der Waals surface area contributed by atoms with Gasteiger partial charge in [-0.3, -0.25) is 4.79 Å². The van der Waals surface area contributed by atoms with Crippen LogP contribution in [-0.4, -0.2) is 26.9 Å². The van der Waals surface area contributed by atoms with E-state index < -0.39 is 6.61 Å². The summed E-state index contributed by atoms with van der Waals surface area (Å²) in [4.78, 5) is 11.1. The predicted octanol–water partition coefficient (Wildman–Crippen LogP) is 2.05. The molecule has 0 bridgehead atoms. The van der Waals surface area contributed by atoms with Crippen molar-refractivity contribution in [3.05, 3.63) is 35.9 Å². The molecule has 0 heterocycles. The third-order valence-electron chi connectivity index (χ3n) is 1.90. The number of Topliss-reactive ketones (excluding diaryl/α,β-unsaturated/α-hetero) is 1. The highest BCUT2D eigenvalue weighted by Crippen LogP contribution is 2.19. The van der Waals surface area contributed by atoms with Crippen LogP contribution in [0.5, 0.6) is 0 Å². The Morgan fingerprint density at radius 2 is 2.07 bits per heavy atom. The average molecular weight is 240 g/mol. The summed E-state index contributed by atoms with van der Waals surface area (Å²) in [7, 11) is 0. The van der Waals surface area contributed by atoms with Gasteiger partial charge in [-0.1, -0.05) is 42.5 Å². The third kappa shape index (κ3) is 3.74. The molecule has 0 fully saturated rings. The largest absolute Gasteiger partial charge is 0.389 e. The monoisotopic (exact) mass is 240 g/mol. The molecule has 2 nitrogen and oxygen atoms in total. The van der Waals surface area contributed by atoms with Crippen LogP contribution in [0.3, 0.4) is 0 Å². The molecule has 0 amide bonds. The van der Waals surface area contributed by atoms with Crippen LogP contribution >= 0.6 is 24.0 Å². The molecule has 1 atom stereocenters. The molecule has 0 aliphatic carbocycles. The van der Waals surface area contributed by atoms with E-state index in [-0.39, 0.29) is 11.0 Å². The third-order valence-corrected chi connectivity index (χ3v) is 3.49. The van der Waals surface area contributed by atoms with Gasteiger partial charge in [0, 0.05) is 0 Å². The fourth-order valence-corrected chi connectivity index (χ4v) is 2.37. The lowest BCUT2D eigenvalue weighted by Crippen LogP contribution is -2.18. The molecule has 80 valence electrons. The number of carbonyl (C=O) groups is 1. The second-order valence-electron chi connectivity index (χ2n) is 3.04. The maximum Gasteiger partial charge on any atom is 0.171 e. The molecule has 0 radical (unpaired) electrons. The number of thiocarbonyl (C=S) groups is 1. The molecule has 1 aromatic carbocycles. The van der Waals surface area contributed by atoms with Crippen molar-refractivity contribution in [1.82, 2.24) is 0 Å². The lowest BCUT2D eigenvalue weighted by molar-refractivity contribution is -0.120. The number of carbonyl (C=O) groups excluding carboxylic acids is 1. The minimum atomic E-state index is -0.425. The van der Waals surface area contributed by atoms with Crippen LogP contribution in [0.4, 0.5) is 0 Å². The first-order chi connectivity index (χ1) is 7.15. The van der Waals surface area contributed by atoms with E-state index in [1.165, 1.54) is 11.8 Å². The first-order valence-electron chi connectivity index (χ1n) is 4.54. The molecule has 0 aliphatic heterocycles. The van der Waals surface area contributed by atoms with Crippen LogP contribution in [0.15, 0.2) is 30.3 Å². The van der Waals surface area contributed by atoms with Gasteiger partial charge in [-0.25, -0.2) is 0 Å². The first kappa shape index (κ1) is 12.4. The van der Waals surface area contributed by atoms with Gasteiger partial charge in [0.1, 0.15) is 6.61 Å². The van der Waals surface area contributed by atoms with Crippen LogP contribution in [0.2, 0.25) is 0 Å². The normalized spacial score (nSPS) is 12.1. The zero-order valence-corrected chi connectivity index (χ0v) is 9.98. The summed E-state index contributed by atoms with van der Waals surface area (Å²) in [6.45, 7) is 1.32. The van der Waals surface area contributed by atoms with Gasteiger partial charge in [-0.05, 0) is 12.5 Å². The minimum Gasteiger partial charge on any atom is -0.389 e. The van der Waals surface area contributed by atoms with Crippen molar-refractivity contribution in [3.63, 3.8) is 0 Å². The van der Waals surface area contributed by atoms with E-state index in [9.17, 15) is 4.79 Å². The van der Waals surface area contributed by atoms with Gasteiger partial charge in [-0.2, -0.15) is 0 Å². The van der Waals surface area contributed by atoms with Gasteiger partial charge in [-0.15, -0.1) is 11.8 Å². The number of aliphatic hydroxyl groups is 1. The Hall–Kier alpha value is -0.710. The van der Waals surface area contributed by atoms with Crippen LogP contribution in [0.25, 0.3) is 0 Å². The van der Waals surface area contributed by atoms with Crippen molar-refractivity contribution in [3.8, 4) is 0 Å². The van der Waals surface area contributed by atoms with Gasteiger partial charge in [0.25, 0.3) is 0 Å². The summed E-state index contributed by atoms with van der Waals surface area (Å²) in [5.41, 5.74) is 0.940. The number of benzene rings is 1. The molecule has 1 rings (SSSR count). The van der Waals surface area contributed by atoms with Crippen LogP contribution in [0.1, 0.15) is 12.5 Å². The van der Waals surface area contributed by atoms with E-state index in [2.05, 4.69) is 0 Å². The maximum atomic E-state index is 11.1. The quantitative estimate of drug-likeness (QED) is 0.817. The summed E-state index contributed by atoms with van der Waals surface area (Å²) in [6, 6.07) is 9.54. The Labute approximate surface area is 98.7 Å². The fourth-order valence-electron chi connectivity index (χ4n) is 0.997. The Bertz CT molecular complexity index is 349. The van der Waals surface area contributed by atoms with E-state index >= 15 is 0 Å². The lowest BCUT2D eigenvalue weighted by atomic mass is 10.2. The van der Waals surface area contributed by atoms with E-state index in [4.69, 9.17) is 17.3 Å². The summed E-state index contributed by atoms with van der Waals surface area (Å²) in [5, 5.41) is 8.39. The van der Waals surface area contributed by atoms with E-state index in [1.807, 2.05) is 30.3 Å². The number of ketones is 1. The van der Waals surface area contributed by atoms with E-state index in [0.717, 1.165) is 5.56 Å². The van der Waals surface area contributed by atoms with Crippen molar-refractivity contribution in [1.29, 1.82) is 0 Å². The SMILES string of the molecule is CC(SC(=S)c1ccccc1)C(=O)CO. The Morgan fingerprint density at radius 3 is 2.60 bits per heavy atom. The molecule has 15 heavy (non-hydrogen) atoms. The van der Waals surface area contributed by atoms with Crippen molar-refractivity contribution < 1.29 is 9.90 Å². The zero-order chi connectivity index (χ0) is 11.3. The molecular formula is C11H12O2S2. The molecule has 4 heteroatoms. The number of rotatable bonds is 4. The zero-order valence-electron chi connectivity index (χ0n) is 8.34. The number of hydrogen-bond donors (Lipinski definition) is 1. The minimum absolute atomic E-state index is 0.196. The first-order valence-corrected chi connectivity index (χ1v) is 5.83. The van der Waals surface area contributed by atoms with E-state index in [0.29, 0.717) is 4.20 Å². The number of thioether (sulfide) groups is 1.